The highest BCUT2D eigenvalue weighted by molar-refractivity contribution is 6.13. The molecule has 0 aliphatic rings. The summed E-state index contributed by atoms with van der Waals surface area (Å²) in [5, 5.41) is 0. The number of rotatable bonds is 10. The SMILES string of the molecule is CC(C)(C)OC(=O)[C@H](N=C(c1ccccc1)c1ccccc1)[C@@H](CC(=O)/C=C/c1ccccc1)c1ccccc1. The Hall–Kier alpha value is -4.57. The predicted molar refractivity (Wildman–Crippen MR) is 162 cm³/mol. The first kappa shape index (κ1) is 28.4. The van der Waals surface area contributed by atoms with Gasteiger partial charge < -0.3 is 4.74 Å². The van der Waals surface area contributed by atoms with Crippen LogP contribution in [0.25, 0.3) is 6.08 Å². The first-order chi connectivity index (χ1) is 19.3. The summed E-state index contributed by atoms with van der Waals surface area (Å²) in [7, 11) is 0. The molecule has 4 nitrogen and oxygen atoms in total. The van der Waals surface area contributed by atoms with E-state index in [1.807, 2.05) is 142 Å². The van der Waals surface area contributed by atoms with Gasteiger partial charge in [0.1, 0.15) is 5.60 Å². The minimum atomic E-state index is -0.953. The molecular weight excluding hydrogens is 494 g/mol. The molecule has 0 fully saturated rings. The van der Waals surface area contributed by atoms with Crippen molar-refractivity contribution in [1.29, 1.82) is 0 Å². The fourth-order valence-electron chi connectivity index (χ4n) is 4.47. The summed E-state index contributed by atoms with van der Waals surface area (Å²) in [6.45, 7) is 5.52. The number of nitrogens with zero attached hydrogens (tertiary/aromatic N) is 1. The van der Waals surface area contributed by atoms with Gasteiger partial charge in [-0.25, -0.2) is 4.79 Å². The zero-order valence-corrected chi connectivity index (χ0v) is 23.2. The van der Waals surface area contributed by atoms with Gasteiger partial charge in [-0.1, -0.05) is 127 Å². The highest BCUT2D eigenvalue weighted by Gasteiger charge is 2.35. The molecule has 4 rings (SSSR count). The number of hydrogen-bond donors (Lipinski definition) is 0. The van der Waals surface area contributed by atoms with E-state index in [-0.39, 0.29) is 12.2 Å². The van der Waals surface area contributed by atoms with Crippen molar-refractivity contribution in [2.75, 3.05) is 0 Å². The summed E-state index contributed by atoms with van der Waals surface area (Å²) in [5.74, 6) is -1.10. The van der Waals surface area contributed by atoms with Crippen LogP contribution in [0.3, 0.4) is 0 Å². The van der Waals surface area contributed by atoms with E-state index in [0.717, 1.165) is 22.3 Å². The standard InChI is InChI=1S/C36H35NO3/c1-36(2,3)40-35(39)34(37-33(29-20-12-6-13-21-29)30-22-14-7-15-23-30)32(28-18-10-5-11-19-28)26-31(38)25-24-27-16-8-4-9-17-27/h4-25,32,34H,26H2,1-3H3/b25-24+/t32-,34+/m0/s1. The second kappa shape index (κ2) is 13.5. The van der Waals surface area contributed by atoms with Gasteiger partial charge in [0, 0.05) is 23.5 Å². The third-order valence-electron chi connectivity index (χ3n) is 6.30. The molecule has 0 saturated heterocycles. The molecule has 4 aromatic carbocycles. The van der Waals surface area contributed by atoms with Crippen LogP contribution in [0.2, 0.25) is 0 Å². The van der Waals surface area contributed by atoms with Crippen molar-refractivity contribution in [3.05, 3.63) is 150 Å². The van der Waals surface area contributed by atoms with Crippen LogP contribution in [-0.2, 0) is 14.3 Å². The molecule has 0 spiro atoms. The van der Waals surface area contributed by atoms with E-state index < -0.39 is 23.5 Å². The molecule has 4 heteroatoms. The topological polar surface area (TPSA) is 55.7 Å². The van der Waals surface area contributed by atoms with Gasteiger partial charge in [0.25, 0.3) is 0 Å². The lowest BCUT2D eigenvalue weighted by Crippen LogP contribution is -2.36. The Labute approximate surface area is 237 Å². The summed E-state index contributed by atoms with van der Waals surface area (Å²) in [4.78, 5) is 32.3. The zero-order valence-electron chi connectivity index (χ0n) is 23.2. The number of carbonyl (C=O) groups excluding carboxylic acids is 2. The lowest BCUT2D eigenvalue weighted by molar-refractivity contribution is -0.157. The van der Waals surface area contributed by atoms with E-state index >= 15 is 0 Å². The average molecular weight is 530 g/mol. The molecule has 0 N–H and O–H groups in total. The Bertz CT molecular complexity index is 1400. The van der Waals surface area contributed by atoms with Gasteiger partial charge in [0.2, 0.25) is 0 Å². The van der Waals surface area contributed by atoms with E-state index in [0.29, 0.717) is 5.71 Å². The third kappa shape index (κ3) is 8.21. The van der Waals surface area contributed by atoms with Crippen molar-refractivity contribution < 1.29 is 14.3 Å². The van der Waals surface area contributed by atoms with Crippen LogP contribution in [0.4, 0.5) is 0 Å². The van der Waals surface area contributed by atoms with Crippen LogP contribution in [0.5, 0.6) is 0 Å². The lowest BCUT2D eigenvalue weighted by atomic mass is 9.86. The Morgan fingerprint density at radius 3 is 1.70 bits per heavy atom. The van der Waals surface area contributed by atoms with E-state index in [9.17, 15) is 9.59 Å². The van der Waals surface area contributed by atoms with Gasteiger partial charge in [0.05, 0.1) is 5.71 Å². The lowest BCUT2D eigenvalue weighted by Gasteiger charge is -2.28. The van der Waals surface area contributed by atoms with Gasteiger partial charge in [-0.3, -0.25) is 9.79 Å². The highest BCUT2D eigenvalue weighted by atomic mass is 16.6. The van der Waals surface area contributed by atoms with Crippen LogP contribution in [-0.4, -0.2) is 29.1 Å². The second-order valence-electron chi connectivity index (χ2n) is 10.6. The summed E-state index contributed by atoms with van der Waals surface area (Å²) in [6, 6.07) is 37.9. The molecule has 0 heterocycles. The minimum absolute atomic E-state index is 0.0949. The van der Waals surface area contributed by atoms with Gasteiger partial charge in [-0.05, 0) is 38.0 Å². The zero-order chi connectivity index (χ0) is 28.4. The van der Waals surface area contributed by atoms with E-state index in [1.165, 1.54) is 0 Å². The summed E-state index contributed by atoms with van der Waals surface area (Å²) in [6.07, 6.45) is 3.48. The number of hydrogen-bond acceptors (Lipinski definition) is 4. The molecule has 2 atom stereocenters. The number of ether oxygens (including phenoxy) is 1. The van der Waals surface area contributed by atoms with Crippen LogP contribution in [0.1, 0.15) is 55.4 Å². The van der Waals surface area contributed by atoms with E-state index in [1.54, 1.807) is 12.2 Å². The number of benzene rings is 4. The van der Waals surface area contributed by atoms with Crippen molar-refractivity contribution in [1.82, 2.24) is 0 Å². The normalized spacial score (nSPS) is 12.9. The molecule has 0 saturated carbocycles. The van der Waals surface area contributed by atoms with E-state index in [4.69, 9.17) is 9.73 Å². The maximum atomic E-state index is 13.9. The Balaban J connectivity index is 1.82. The van der Waals surface area contributed by atoms with Gasteiger partial charge in [-0.15, -0.1) is 0 Å². The first-order valence-electron chi connectivity index (χ1n) is 13.5. The Morgan fingerprint density at radius 1 is 0.725 bits per heavy atom. The summed E-state index contributed by atoms with van der Waals surface area (Å²) in [5.41, 5.74) is 3.50. The van der Waals surface area contributed by atoms with Crippen molar-refractivity contribution in [3.63, 3.8) is 0 Å². The molecule has 0 aromatic heterocycles. The van der Waals surface area contributed by atoms with Crippen molar-refractivity contribution in [2.45, 2.75) is 44.8 Å². The third-order valence-corrected chi connectivity index (χ3v) is 6.30. The van der Waals surface area contributed by atoms with Crippen LogP contribution in [0, 0.1) is 0 Å². The minimum Gasteiger partial charge on any atom is -0.458 e. The number of carbonyl (C=O) groups is 2. The molecule has 0 bridgehead atoms. The number of aliphatic imine (C=N–C) groups is 1. The van der Waals surface area contributed by atoms with Crippen LogP contribution in [0.15, 0.2) is 132 Å². The van der Waals surface area contributed by atoms with Gasteiger partial charge in [0.15, 0.2) is 11.8 Å². The summed E-state index contributed by atoms with van der Waals surface area (Å²) >= 11 is 0. The van der Waals surface area contributed by atoms with Gasteiger partial charge >= 0.3 is 5.97 Å². The van der Waals surface area contributed by atoms with E-state index in [2.05, 4.69) is 0 Å². The van der Waals surface area contributed by atoms with Crippen molar-refractivity contribution in [2.24, 2.45) is 4.99 Å². The summed E-state index contributed by atoms with van der Waals surface area (Å²) < 4.78 is 5.91. The monoisotopic (exact) mass is 529 g/mol. The quantitative estimate of drug-likeness (QED) is 0.120. The molecule has 0 unspecified atom stereocenters. The number of allylic oxidation sites excluding steroid dienone is 1. The average Bonchev–Trinajstić information content (AvgIpc) is 2.97. The maximum Gasteiger partial charge on any atom is 0.332 e. The maximum absolute atomic E-state index is 13.9. The molecule has 4 aromatic rings. The molecule has 202 valence electrons. The Morgan fingerprint density at radius 2 is 1.20 bits per heavy atom. The fourth-order valence-corrected chi connectivity index (χ4v) is 4.47. The van der Waals surface area contributed by atoms with Gasteiger partial charge in [-0.2, -0.15) is 0 Å². The van der Waals surface area contributed by atoms with Crippen molar-refractivity contribution >= 4 is 23.5 Å². The fraction of sp³-hybridized carbons (Fsp3) is 0.194. The molecular formula is C36H35NO3. The highest BCUT2D eigenvalue weighted by Crippen LogP contribution is 2.30. The number of ketones is 1. The molecule has 0 aliphatic heterocycles. The van der Waals surface area contributed by atoms with Crippen LogP contribution < -0.4 is 0 Å². The molecule has 0 radical (unpaired) electrons. The van der Waals surface area contributed by atoms with Crippen LogP contribution >= 0.6 is 0 Å². The first-order valence-corrected chi connectivity index (χ1v) is 13.5. The largest absolute Gasteiger partial charge is 0.458 e. The predicted octanol–water partition coefficient (Wildman–Crippen LogP) is 7.69. The number of esters is 1. The smallest absolute Gasteiger partial charge is 0.332 e. The Kier molecular flexibility index (Phi) is 9.58. The molecule has 40 heavy (non-hydrogen) atoms. The second-order valence-corrected chi connectivity index (χ2v) is 10.6. The molecule has 0 aliphatic carbocycles. The van der Waals surface area contributed by atoms with Crippen molar-refractivity contribution in [3.8, 4) is 0 Å². The molecule has 0 amide bonds.